The summed E-state index contributed by atoms with van der Waals surface area (Å²) in [6.45, 7) is 13.2. The zero-order chi connectivity index (χ0) is 19.5. The number of aliphatic hydroxyl groups excluding tert-OH is 1. The minimum atomic E-state index is -3.54. The number of rotatable bonds is 6. The molecule has 0 unspecified atom stereocenters. The van der Waals surface area contributed by atoms with Gasteiger partial charge in [0.2, 0.25) is 10.0 Å². The summed E-state index contributed by atoms with van der Waals surface area (Å²) < 4.78 is 28.5. The Balaban J connectivity index is 2.09. The Hall–Kier alpha value is -0.950. The number of hydrogen-bond donors (Lipinski definition) is 2. The minimum absolute atomic E-state index is 0.101. The summed E-state index contributed by atoms with van der Waals surface area (Å²) in [6.07, 6.45) is 2.11. The fraction of sp³-hybridized carbons (Fsp3) is 0.700. The van der Waals surface area contributed by atoms with Crippen molar-refractivity contribution in [3.05, 3.63) is 28.8 Å². The summed E-state index contributed by atoms with van der Waals surface area (Å²) in [6, 6.07) is 3.89. The van der Waals surface area contributed by atoms with Crippen LogP contribution in [-0.4, -0.2) is 51.2 Å². The van der Waals surface area contributed by atoms with Crippen LogP contribution in [0.25, 0.3) is 0 Å². The van der Waals surface area contributed by atoms with Gasteiger partial charge in [0.1, 0.15) is 0 Å². The third kappa shape index (κ3) is 5.28. The average molecular weight is 383 g/mol. The third-order valence-corrected chi connectivity index (χ3v) is 6.94. The van der Waals surface area contributed by atoms with Crippen LogP contribution in [0, 0.1) is 19.8 Å². The highest BCUT2D eigenvalue weighted by atomic mass is 32.2. The van der Waals surface area contributed by atoms with Crippen LogP contribution in [0.2, 0.25) is 0 Å². The van der Waals surface area contributed by atoms with E-state index in [9.17, 15) is 13.5 Å². The lowest BCUT2D eigenvalue weighted by Crippen LogP contribution is -2.41. The van der Waals surface area contributed by atoms with Gasteiger partial charge in [-0.2, -0.15) is 0 Å². The second kappa shape index (κ2) is 8.38. The van der Waals surface area contributed by atoms with Crippen molar-refractivity contribution in [3.8, 4) is 0 Å². The number of nitrogens with zero attached hydrogens (tertiary/aromatic N) is 1. The van der Waals surface area contributed by atoms with Gasteiger partial charge >= 0.3 is 0 Å². The van der Waals surface area contributed by atoms with E-state index in [1.54, 1.807) is 0 Å². The molecule has 1 aromatic rings. The maximum atomic E-state index is 12.9. The van der Waals surface area contributed by atoms with Crippen molar-refractivity contribution in [3.63, 3.8) is 0 Å². The Labute approximate surface area is 158 Å². The summed E-state index contributed by atoms with van der Waals surface area (Å²) in [4.78, 5) is 2.62. The lowest BCUT2D eigenvalue weighted by Gasteiger charge is -2.31. The van der Waals surface area contributed by atoms with Crippen LogP contribution in [0.5, 0.6) is 0 Å². The number of hydrogen-bond acceptors (Lipinski definition) is 4. The van der Waals surface area contributed by atoms with E-state index in [2.05, 4.69) is 36.5 Å². The molecule has 1 aliphatic rings. The highest BCUT2D eigenvalue weighted by molar-refractivity contribution is 7.89. The molecule has 1 atom stereocenters. The average Bonchev–Trinajstić information content (AvgIpc) is 2.56. The van der Waals surface area contributed by atoms with E-state index in [1.807, 2.05) is 19.9 Å². The molecule has 0 radical (unpaired) electrons. The Bertz CT molecular complexity index is 723. The molecule has 26 heavy (non-hydrogen) atoms. The highest BCUT2D eigenvalue weighted by Gasteiger charge is 2.24. The molecule has 1 aliphatic heterocycles. The van der Waals surface area contributed by atoms with Gasteiger partial charge in [0.15, 0.2) is 0 Å². The molecule has 0 amide bonds. The Morgan fingerprint density at radius 2 is 1.96 bits per heavy atom. The van der Waals surface area contributed by atoms with E-state index in [0.29, 0.717) is 23.9 Å². The lowest BCUT2D eigenvalue weighted by molar-refractivity contribution is 0.122. The molecule has 6 heteroatoms. The molecule has 0 bridgehead atoms. The molecule has 0 spiro atoms. The topological polar surface area (TPSA) is 69.6 Å². The van der Waals surface area contributed by atoms with Gasteiger partial charge < -0.3 is 10.0 Å². The summed E-state index contributed by atoms with van der Waals surface area (Å²) in [5, 5.41) is 9.32. The molecule has 1 saturated heterocycles. The SMILES string of the molecule is Cc1cc(C(C)(C)C)cc(S(=O)(=O)NCCN2CCC[C@@H](CO)C2)c1C. The van der Waals surface area contributed by atoms with Crippen LogP contribution in [0.4, 0.5) is 0 Å². The van der Waals surface area contributed by atoms with Crippen molar-refractivity contribution in [2.45, 2.75) is 57.8 Å². The van der Waals surface area contributed by atoms with Crippen molar-refractivity contribution in [2.24, 2.45) is 5.92 Å². The molecule has 1 fully saturated rings. The van der Waals surface area contributed by atoms with Gasteiger partial charge in [-0.25, -0.2) is 13.1 Å². The quantitative estimate of drug-likeness (QED) is 0.793. The lowest BCUT2D eigenvalue weighted by atomic mass is 9.85. The Morgan fingerprint density at radius 1 is 1.27 bits per heavy atom. The Morgan fingerprint density at radius 3 is 2.58 bits per heavy atom. The summed E-state index contributed by atoms with van der Waals surface area (Å²) in [5.41, 5.74) is 2.74. The number of aliphatic hydroxyl groups is 1. The maximum absolute atomic E-state index is 12.9. The van der Waals surface area contributed by atoms with Gasteiger partial charge in [-0.1, -0.05) is 26.8 Å². The zero-order valence-corrected chi connectivity index (χ0v) is 17.6. The Kier molecular flexibility index (Phi) is 6.88. The third-order valence-electron chi connectivity index (χ3n) is 5.36. The first-order valence-corrected chi connectivity index (χ1v) is 11.0. The van der Waals surface area contributed by atoms with E-state index in [0.717, 1.165) is 42.6 Å². The summed E-state index contributed by atoms with van der Waals surface area (Å²) >= 11 is 0. The predicted octanol–water partition coefficient (Wildman–Crippen LogP) is 2.58. The van der Waals surface area contributed by atoms with Crippen molar-refractivity contribution in [1.29, 1.82) is 0 Å². The van der Waals surface area contributed by atoms with E-state index in [1.165, 1.54) is 0 Å². The number of nitrogens with one attached hydrogen (secondary N) is 1. The second-order valence-corrected chi connectivity index (χ2v) is 10.3. The molecular weight excluding hydrogens is 348 g/mol. The van der Waals surface area contributed by atoms with Crippen molar-refractivity contribution in [1.82, 2.24) is 9.62 Å². The van der Waals surface area contributed by atoms with Gasteiger partial charge in [0.25, 0.3) is 0 Å². The van der Waals surface area contributed by atoms with Crippen molar-refractivity contribution < 1.29 is 13.5 Å². The second-order valence-electron chi connectivity index (χ2n) is 8.56. The maximum Gasteiger partial charge on any atom is 0.240 e. The van der Waals surface area contributed by atoms with Crippen molar-refractivity contribution in [2.75, 3.05) is 32.8 Å². The molecule has 1 heterocycles. The largest absolute Gasteiger partial charge is 0.396 e. The number of aryl methyl sites for hydroxylation is 1. The smallest absolute Gasteiger partial charge is 0.240 e. The molecule has 1 aromatic carbocycles. The first kappa shape index (κ1) is 21.4. The predicted molar refractivity (Wildman–Crippen MR) is 106 cm³/mol. The van der Waals surface area contributed by atoms with E-state index >= 15 is 0 Å². The van der Waals surface area contributed by atoms with Crippen LogP contribution >= 0.6 is 0 Å². The van der Waals surface area contributed by atoms with Gasteiger partial charge in [-0.05, 0) is 67.3 Å². The molecule has 2 N–H and O–H groups in total. The first-order chi connectivity index (χ1) is 12.0. The van der Waals surface area contributed by atoms with E-state index in [-0.39, 0.29) is 12.0 Å². The monoisotopic (exact) mass is 382 g/mol. The van der Waals surface area contributed by atoms with Gasteiger partial charge in [-0.15, -0.1) is 0 Å². The number of piperidine rings is 1. The normalized spacial score (nSPS) is 19.7. The van der Waals surface area contributed by atoms with Crippen molar-refractivity contribution >= 4 is 10.0 Å². The standard InChI is InChI=1S/C20H34N2O3S/c1-15-11-18(20(3,4)5)12-19(16(15)2)26(24,25)21-8-10-22-9-6-7-17(13-22)14-23/h11-12,17,21,23H,6-10,13-14H2,1-5H3/t17-/m1/s1. The fourth-order valence-corrected chi connectivity index (χ4v) is 4.82. The molecule has 0 aromatic heterocycles. The van der Waals surface area contributed by atoms with Crippen LogP contribution in [0.15, 0.2) is 17.0 Å². The van der Waals surface area contributed by atoms with Crippen LogP contribution < -0.4 is 4.72 Å². The summed E-state index contributed by atoms with van der Waals surface area (Å²) in [5.74, 6) is 0.314. The number of likely N-dealkylation sites (tertiary alicyclic amines) is 1. The first-order valence-electron chi connectivity index (χ1n) is 9.49. The molecule has 0 aliphatic carbocycles. The fourth-order valence-electron chi connectivity index (χ4n) is 3.46. The van der Waals surface area contributed by atoms with Gasteiger partial charge in [-0.3, -0.25) is 0 Å². The molecule has 5 nitrogen and oxygen atoms in total. The molecule has 148 valence electrons. The molecule has 0 saturated carbocycles. The number of sulfonamides is 1. The van der Waals surface area contributed by atoms with E-state index in [4.69, 9.17) is 0 Å². The van der Waals surface area contributed by atoms with Gasteiger partial charge in [0, 0.05) is 26.2 Å². The minimum Gasteiger partial charge on any atom is -0.396 e. The van der Waals surface area contributed by atoms with Crippen LogP contribution in [0.3, 0.4) is 0 Å². The van der Waals surface area contributed by atoms with E-state index < -0.39 is 10.0 Å². The summed E-state index contributed by atoms with van der Waals surface area (Å²) in [7, 11) is -3.54. The highest BCUT2D eigenvalue weighted by Crippen LogP contribution is 2.29. The zero-order valence-electron chi connectivity index (χ0n) is 16.8. The number of benzene rings is 1. The van der Waals surface area contributed by atoms with Gasteiger partial charge in [0.05, 0.1) is 4.90 Å². The molecule has 2 rings (SSSR count). The van der Waals surface area contributed by atoms with Crippen LogP contribution in [0.1, 0.15) is 50.3 Å². The molecular formula is C20H34N2O3S. The van der Waals surface area contributed by atoms with Crippen LogP contribution in [-0.2, 0) is 15.4 Å².